The van der Waals surface area contributed by atoms with Crippen molar-refractivity contribution in [3.63, 3.8) is 0 Å². The summed E-state index contributed by atoms with van der Waals surface area (Å²) in [6.45, 7) is -2.29. The van der Waals surface area contributed by atoms with Gasteiger partial charge < -0.3 is 53.2 Å². The van der Waals surface area contributed by atoms with Crippen LogP contribution >= 0.6 is 15.6 Å². The summed E-state index contributed by atoms with van der Waals surface area (Å²) in [6.07, 6.45) is -5.63. The Labute approximate surface area is 197 Å². The Kier molecular flexibility index (Phi) is 15.8. The molecule has 1 aliphatic heterocycles. The first-order valence-corrected chi connectivity index (χ1v) is 7.91. The molecule has 12 nitrogen and oxygen atoms in total. The smallest absolute Gasteiger partial charge is 0.790 e. The van der Waals surface area contributed by atoms with E-state index < -0.39 is 53.0 Å². The molecule has 17 heteroatoms. The molecule has 1 fully saturated rings. The molecule has 4 N–H and O–H groups in total. The molecule has 1 unspecified atom stereocenters. The van der Waals surface area contributed by atoms with Crippen LogP contribution in [-0.4, -0.2) is 57.5 Å². The van der Waals surface area contributed by atoms with Gasteiger partial charge in [-0.1, -0.05) is 0 Å². The van der Waals surface area contributed by atoms with Crippen LogP contribution in [0.1, 0.15) is 0 Å². The molecule has 1 heterocycles. The Morgan fingerprint density at radius 1 is 1.09 bits per heavy atom. The van der Waals surface area contributed by atoms with Crippen molar-refractivity contribution in [1.29, 1.82) is 0 Å². The molecule has 0 aromatic heterocycles. The Morgan fingerprint density at radius 2 is 1.57 bits per heavy atom. The summed E-state index contributed by atoms with van der Waals surface area (Å²) < 4.78 is 32.8. The van der Waals surface area contributed by atoms with E-state index in [1.165, 1.54) is 0 Å². The Balaban J connectivity index is -0.00000133. The first-order valence-electron chi connectivity index (χ1n) is 4.95. The summed E-state index contributed by atoms with van der Waals surface area (Å²) in [5.41, 5.74) is 0. The van der Waals surface area contributed by atoms with Crippen molar-refractivity contribution in [2.45, 2.75) is 24.1 Å². The summed E-state index contributed by atoms with van der Waals surface area (Å²) >= 11 is 0. The average Bonchev–Trinajstić information content (AvgIpc) is 2.48. The maximum absolute atomic E-state index is 10.4. The van der Waals surface area contributed by atoms with Gasteiger partial charge in [-0.25, -0.2) is 0 Å². The Bertz CT molecular complexity index is 441. The predicted octanol–water partition coefficient (Wildman–Crippen LogP) is -13.9. The van der Waals surface area contributed by atoms with Crippen LogP contribution < -0.4 is 103 Å². The molecule has 23 heavy (non-hydrogen) atoms. The third-order valence-corrected chi connectivity index (χ3v) is 3.27. The molecule has 0 spiro atoms. The molecule has 120 valence electrons. The number of hydrogen-bond donors (Lipinski definition) is 4. The molecule has 0 aromatic carbocycles. The van der Waals surface area contributed by atoms with Crippen molar-refractivity contribution >= 4 is 15.6 Å². The van der Waals surface area contributed by atoms with Gasteiger partial charge in [0.2, 0.25) is 5.79 Å². The minimum Gasteiger partial charge on any atom is -0.790 e. The van der Waals surface area contributed by atoms with Crippen LogP contribution in [0.5, 0.6) is 0 Å². The van der Waals surface area contributed by atoms with E-state index in [1.54, 1.807) is 0 Å². The number of aliphatic hydroxyl groups excluding tert-OH is 2. The van der Waals surface area contributed by atoms with Crippen LogP contribution in [-0.2, 0) is 22.9 Å². The summed E-state index contributed by atoms with van der Waals surface area (Å²) in [5, 5.41) is 28.6. The van der Waals surface area contributed by atoms with Gasteiger partial charge in [-0.05, 0) is 0 Å². The largest absolute Gasteiger partial charge is 1.00 e. The molecule has 5 atom stereocenters. The number of aliphatic hydroxyl groups is 3. The molecule has 0 aromatic rings. The molecule has 0 saturated carbocycles. The number of ether oxygens (including phenoxy) is 1. The van der Waals surface area contributed by atoms with Gasteiger partial charge >= 0.3 is 88.7 Å². The second kappa shape index (κ2) is 11.8. The first-order chi connectivity index (χ1) is 8.84. The average molecular weight is 406 g/mol. The molecule has 1 saturated heterocycles. The topological polar surface area (TPSA) is 212 Å². The Morgan fingerprint density at radius 3 is 1.96 bits per heavy atom. The van der Waals surface area contributed by atoms with Crippen LogP contribution in [0.25, 0.3) is 0 Å². The monoisotopic (exact) mass is 406 g/mol. The van der Waals surface area contributed by atoms with Gasteiger partial charge in [0, 0.05) is 0 Å². The summed E-state index contributed by atoms with van der Waals surface area (Å²) in [5.74, 6) is -2.74. The van der Waals surface area contributed by atoms with Crippen LogP contribution in [0.4, 0.5) is 0 Å². The van der Waals surface area contributed by atoms with E-state index in [-0.39, 0.29) is 88.7 Å². The van der Waals surface area contributed by atoms with Crippen molar-refractivity contribution in [3.05, 3.63) is 0 Å². The first kappa shape index (κ1) is 30.8. The SMILES string of the molecule is O=P([O-])([O-])OC[C@H]1O[C@](O)(COP(=O)([O-])O)[C@@H](O)[C@@H]1O.[Na+].[Na+].[Na+]. The van der Waals surface area contributed by atoms with E-state index >= 15 is 0 Å². The maximum Gasteiger partial charge on any atom is 1.00 e. The summed E-state index contributed by atoms with van der Waals surface area (Å²) in [7, 11) is -10.6. The van der Waals surface area contributed by atoms with E-state index in [1.807, 2.05) is 0 Å². The van der Waals surface area contributed by atoms with Gasteiger partial charge in [0.25, 0.3) is 7.82 Å². The fourth-order valence-electron chi connectivity index (χ4n) is 1.46. The molecule has 0 aliphatic carbocycles. The van der Waals surface area contributed by atoms with E-state index in [2.05, 4.69) is 13.8 Å². The van der Waals surface area contributed by atoms with Crippen molar-refractivity contribution in [1.82, 2.24) is 0 Å². The Hall–Kier alpha value is 3.06. The third-order valence-electron chi connectivity index (χ3n) is 2.35. The minimum absolute atomic E-state index is 0. The van der Waals surface area contributed by atoms with Gasteiger partial charge in [0.15, 0.2) is 0 Å². The number of hydrogen-bond acceptors (Lipinski definition) is 11. The van der Waals surface area contributed by atoms with Crippen LogP contribution in [0.2, 0.25) is 0 Å². The van der Waals surface area contributed by atoms with Gasteiger partial charge in [-0.2, -0.15) is 0 Å². The van der Waals surface area contributed by atoms with Crippen LogP contribution in [0.15, 0.2) is 0 Å². The third kappa shape index (κ3) is 10.8. The summed E-state index contributed by atoms with van der Waals surface area (Å²) in [6, 6.07) is 0. The van der Waals surface area contributed by atoms with E-state index in [4.69, 9.17) is 4.89 Å². The number of phosphoric ester groups is 2. The molecule has 0 bridgehead atoms. The van der Waals surface area contributed by atoms with Gasteiger partial charge in [-0.15, -0.1) is 0 Å². The predicted molar refractivity (Wildman–Crippen MR) is 51.2 cm³/mol. The van der Waals surface area contributed by atoms with Crippen LogP contribution in [0.3, 0.4) is 0 Å². The van der Waals surface area contributed by atoms with Crippen LogP contribution in [0, 0.1) is 0 Å². The number of phosphoric acid groups is 2. The fraction of sp³-hybridized carbons (Fsp3) is 1.00. The zero-order valence-electron chi connectivity index (χ0n) is 12.6. The molecule has 0 amide bonds. The van der Waals surface area contributed by atoms with E-state index in [9.17, 15) is 39.1 Å². The van der Waals surface area contributed by atoms with Crippen molar-refractivity contribution in [2.75, 3.05) is 13.2 Å². The standard InChI is InChI=1S/C6H14O12P2.3Na/c7-4-3(1-16-19(10,11)12)18-6(9,5(4)8)2-17-20(13,14)15;;;/h3-5,7-9H,1-2H2,(H2,10,11,12)(H2,13,14,15);;;/q;3*+1/p-3/t3-,4-,5+,6-;;;/m1.../s1. The fourth-order valence-corrected chi connectivity index (χ4v) is 2.14. The van der Waals surface area contributed by atoms with E-state index in [0.29, 0.717) is 0 Å². The molecular formula is C6H11Na3O12P2. The van der Waals surface area contributed by atoms with Gasteiger partial charge in [0.1, 0.15) is 24.9 Å². The second-order valence-electron chi connectivity index (χ2n) is 3.92. The zero-order chi connectivity index (χ0) is 15.8. The molecule has 1 aliphatic rings. The zero-order valence-corrected chi connectivity index (χ0v) is 20.4. The van der Waals surface area contributed by atoms with Crippen molar-refractivity contribution in [2.24, 2.45) is 0 Å². The summed E-state index contributed by atoms with van der Waals surface area (Å²) in [4.78, 5) is 39.2. The maximum atomic E-state index is 10.4. The number of rotatable bonds is 6. The quantitative estimate of drug-likeness (QED) is 0.239. The molecule has 1 rings (SSSR count). The van der Waals surface area contributed by atoms with Crippen molar-refractivity contribution < 1.29 is 146 Å². The molecule has 0 radical (unpaired) electrons. The minimum atomic E-state index is -5.37. The molecular weight excluding hydrogens is 395 g/mol. The normalized spacial score (nSPS) is 32.9. The second-order valence-corrected chi connectivity index (χ2v) is 6.27. The van der Waals surface area contributed by atoms with Crippen molar-refractivity contribution in [3.8, 4) is 0 Å². The van der Waals surface area contributed by atoms with E-state index in [0.717, 1.165) is 0 Å². The van der Waals surface area contributed by atoms with Gasteiger partial charge in [0.05, 0.1) is 14.4 Å². The van der Waals surface area contributed by atoms with Gasteiger partial charge in [-0.3, -0.25) is 4.57 Å².